The molecule has 3 aliphatic rings. The summed E-state index contributed by atoms with van der Waals surface area (Å²) in [5.41, 5.74) is 0.224. The van der Waals surface area contributed by atoms with Crippen molar-refractivity contribution in [2.45, 2.75) is 23.3 Å². The number of benzene rings is 1. The van der Waals surface area contributed by atoms with Crippen LogP contribution in [0.1, 0.15) is 1.43 Å². The van der Waals surface area contributed by atoms with Gasteiger partial charge in [-0.3, -0.25) is 9.69 Å². The van der Waals surface area contributed by atoms with Gasteiger partial charge in [0.2, 0.25) is 5.16 Å². The zero-order valence-corrected chi connectivity index (χ0v) is 20.4. The van der Waals surface area contributed by atoms with Gasteiger partial charge in [-0.15, -0.1) is 5.10 Å². The van der Waals surface area contributed by atoms with Crippen molar-refractivity contribution in [3.05, 3.63) is 35.7 Å². The first kappa shape index (κ1) is 23.4. The molecule has 3 N–H and O–H groups in total. The van der Waals surface area contributed by atoms with Gasteiger partial charge in [-0.05, 0) is 34.7 Å². The van der Waals surface area contributed by atoms with Crippen LogP contribution in [0.5, 0.6) is 5.75 Å². The van der Waals surface area contributed by atoms with E-state index in [4.69, 9.17) is 4.74 Å². The van der Waals surface area contributed by atoms with Crippen LogP contribution in [0.15, 0.2) is 40.9 Å². The first-order valence-electron chi connectivity index (χ1n) is 9.53. The maximum Gasteiger partial charge on any atom is 1.00 e. The van der Waals surface area contributed by atoms with Gasteiger partial charge in [0.15, 0.2) is 5.70 Å². The normalized spacial score (nSPS) is 22.8. The third-order valence-corrected chi connectivity index (χ3v) is 6.51. The number of nitrogens with one attached hydrogen (secondary N) is 1. The molecular weight excluding hydrogens is 465 g/mol. The van der Waals surface area contributed by atoms with E-state index in [-0.39, 0.29) is 60.5 Å². The number of aliphatic carboxylic acids is 1. The Morgan fingerprint density at radius 3 is 2.70 bits per heavy atom. The van der Waals surface area contributed by atoms with Gasteiger partial charge in [-0.1, -0.05) is 11.8 Å². The Balaban J connectivity index is 0.00000162. The van der Waals surface area contributed by atoms with E-state index in [1.807, 2.05) is 0 Å². The molecule has 2 saturated heterocycles. The number of carbonyl (C=O) groups excluding carboxylic acids is 2. The predicted octanol–water partition coefficient (Wildman–Crippen LogP) is -3.05. The molecular formula is C18H18N7NaO6S. The molecule has 15 heteroatoms. The van der Waals surface area contributed by atoms with E-state index < -0.39 is 36.1 Å². The maximum absolute atomic E-state index is 12.9. The number of likely N-dealkylation sites (tertiary alicyclic amines) is 1. The zero-order valence-electron chi connectivity index (χ0n) is 18.6. The standard InChI is InChI=1S/C18H17N7O6S.Na.H/c1-23-18(20-21-22-23)32-7-11-13(16(28)29)25-12-10(31-11)6-24(14(12)15(25)27)17(30)19-8-2-4-9(26)5-3-8;;/h2-5,10,12,14,26H,6-7H2,1H3,(H,19,30)(H,28,29);;/q;+1;-1/t10-,12-,14+;;/m1../s1. The van der Waals surface area contributed by atoms with Crippen molar-refractivity contribution in [3.8, 4) is 5.75 Å². The van der Waals surface area contributed by atoms with Crippen LogP contribution in [-0.2, 0) is 21.4 Å². The summed E-state index contributed by atoms with van der Waals surface area (Å²) in [5, 5.41) is 33.4. The molecule has 33 heavy (non-hydrogen) atoms. The number of carboxylic acid groups (broad SMARTS) is 1. The number of tetrazole rings is 1. The van der Waals surface area contributed by atoms with E-state index in [1.165, 1.54) is 50.5 Å². The second-order valence-electron chi connectivity index (χ2n) is 7.38. The third kappa shape index (κ3) is 3.92. The molecule has 0 aliphatic carbocycles. The van der Waals surface area contributed by atoms with Crippen LogP contribution in [-0.4, -0.2) is 88.6 Å². The van der Waals surface area contributed by atoms with Crippen LogP contribution in [0.3, 0.4) is 0 Å². The number of hydrogen-bond donors (Lipinski definition) is 3. The van der Waals surface area contributed by atoms with Crippen LogP contribution in [0, 0.1) is 0 Å². The summed E-state index contributed by atoms with van der Waals surface area (Å²) in [5.74, 6) is -1.47. The number of amides is 3. The van der Waals surface area contributed by atoms with Crippen molar-refractivity contribution in [1.29, 1.82) is 0 Å². The van der Waals surface area contributed by atoms with Crippen molar-refractivity contribution in [2.24, 2.45) is 7.05 Å². The first-order valence-corrected chi connectivity index (χ1v) is 10.5. The number of β-lactam (4-membered cyclic amide) rings is 1. The van der Waals surface area contributed by atoms with Crippen molar-refractivity contribution >= 4 is 35.4 Å². The summed E-state index contributed by atoms with van der Waals surface area (Å²) in [6.45, 7) is 0.119. The number of phenols is 1. The number of phenolic OH excluding ortho intramolecular Hbond substituents is 1. The minimum atomic E-state index is -1.28. The molecule has 2 aromatic rings. The SMILES string of the molecule is Cn1nnnc1SCC1=C(C(=O)O)N2C(=O)[C@@H]3[C@H]2[C@@H](CN3C(=O)Nc2ccc(O)cc2)O1.[H-].[Na+]. The van der Waals surface area contributed by atoms with E-state index in [0.717, 1.165) is 0 Å². The molecule has 3 atom stereocenters. The molecule has 5 rings (SSSR count). The van der Waals surface area contributed by atoms with Crippen molar-refractivity contribution < 1.29 is 60.3 Å². The number of ether oxygens (including phenoxy) is 1. The summed E-state index contributed by atoms with van der Waals surface area (Å²) in [4.78, 5) is 40.2. The molecule has 0 unspecified atom stereocenters. The van der Waals surface area contributed by atoms with E-state index in [1.54, 1.807) is 7.05 Å². The van der Waals surface area contributed by atoms with Gasteiger partial charge >= 0.3 is 41.6 Å². The molecule has 13 nitrogen and oxygen atoms in total. The fourth-order valence-electron chi connectivity index (χ4n) is 4.08. The number of thioether (sulfide) groups is 1. The summed E-state index contributed by atoms with van der Waals surface area (Å²) >= 11 is 1.18. The smallest absolute Gasteiger partial charge is 1.00 e. The minimum absolute atomic E-state index is 0. The molecule has 4 heterocycles. The molecule has 0 bridgehead atoms. The van der Waals surface area contributed by atoms with Crippen LogP contribution >= 0.6 is 11.8 Å². The minimum Gasteiger partial charge on any atom is -1.00 e. The average molecular weight is 483 g/mol. The topological polar surface area (TPSA) is 163 Å². The van der Waals surface area contributed by atoms with Crippen LogP contribution < -0.4 is 34.9 Å². The summed E-state index contributed by atoms with van der Waals surface area (Å²) in [7, 11) is 1.65. The van der Waals surface area contributed by atoms with Crippen molar-refractivity contribution in [3.63, 3.8) is 0 Å². The Morgan fingerprint density at radius 1 is 1.33 bits per heavy atom. The Morgan fingerprint density at radius 2 is 2.06 bits per heavy atom. The number of nitrogens with zero attached hydrogens (tertiary/aromatic N) is 6. The molecule has 1 aromatic carbocycles. The number of carboxylic acids is 1. The van der Waals surface area contributed by atoms with E-state index in [9.17, 15) is 24.6 Å². The van der Waals surface area contributed by atoms with Crippen LogP contribution in [0.2, 0.25) is 0 Å². The van der Waals surface area contributed by atoms with Crippen LogP contribution in [0.4, 0.5) is 10.5 Å². The molecule has 0 saturated carbocycles. The van der Waals surface area contributed by atoms with E-state index in [2.05, 4.69) is 20.8 Å². The van der Waals surface area contributed by atoms with Crippen molar-refractivity contribution in [2.75, 3.05) is 17.6 Å². The summed E-state index contributed by atoms with van der Waals surface area (Å²) in [6.07, 6.45) is -0.556. The van der Waals surface area contributed by atoms with Gasteiger partial charge in [0, 0.05) is 12.7 Å². The monoisotopic (exact) mass is 483 g/mol. The fraction of sp³-hybridized carbons (Fsp3) is 0.333. The number of aryl methyl sites for hydroxylation is 1. The number of rotatable bonds is 5. The molecule has 0 radical (unpaired) electrons. The van der Waals surface area contributed by atoms with Crippen molar-refractivity contribution in [1.82, 2.24) is 30.0 Å². The summed E-state index contributed by atoms with van der Waals surface area (Å²) < 4.78 is 7.41. The van der Waals surface area contributed by atoms with Gasteiger partial charge in [0.25, 0.3) is 5.91 Å². The Hall–Kier alpha value is -2.81. The van der Waals surface area contributed by atoms with Gasteiger partial charge < -0.3 is 26.6 Å². The first-order chi connectivity index (χ1) is 15.3. The summed E-state index contributed by atoms with van der Waals surface area (Å²) in [6, 6.07) is 4.04. The second kappa shape index (κ2) is 8.85. The van der Waals surface area contributed by atoms with Gasteiger partial charge in [-0.25, -0.2) is 14.3 Å². The Bertz CT molecular complexity index is 1160. The predicted molar refractivity (Wildman–Crippen MR) is 108 cm³/mol. The average Bonchev–Trinajstić information content (AvgIpc) is 3.34. The molecule has 1 aromatic heterocycles. The second-order valence-corrected chi connectivity index (χ2v) is 8.32. The van der Waals surface area contributed by atoms with Gasteiger partial charge in [0.1, 0.15) is 29.7 Å². The number of hydrogen-bond acceptors (Lipinski definition) is 9. The molecule has 3 aliphatic heterocycles. The molecule has 2 fully saturated rings. The number of aromatic nitrogens is 4. The number of anilines is 1. The largest absolute Gasteiger partial charge is 1.00 e. The van der Waals surface area contributed by atoms with Crippen LogP contribution in [0.25, 0.3) is 0 Å². The van der Waals surface area contributed by atoms with Gasteiger partial charge in [0.05, 0.1) is 12.3 Å². The molecule has 0 spiro atoms. The number of urea groups is 1. The quantitative estimate of drug-likeness (QED) is 0.172. The zero-order chi connectivity index (χ0) is 22.6. The van der Waals surface area contributed by atoms with E-state index >= 15 is 0 Å². The fourth-order valence-corrected chi connectivity index (χ4v) is 4.87. The maximum atomic E-state index is 12.9. The Labute approximate surface area is 214 Å². The molecule has 168 valence electrons. The van der Waals surface area contributed by atoms with Gasteiger partial charge in [-0.2, -0.15) is 0 Å². The third-order valence-electron chi connectivity index (χ3n) is 5.50. The number of aromatic hydroxyl groups is 1. The molecule has 3 amide bonds. The Kier molecular flexibility index (Phi) is 6.26. The van der Waals surface area contributed by atoms with E-state index in [0.29, 0.717) is 10.8 Å². The number of carbonyl (C=O) groups is 3.